The van der Waals surface area contributed by atoms with Gasteiger partial charge in [0.2, 0.25) is 11.8 Å². The number of hydrogen-bond donors (Lipinski definition) is 3. The number of anilines is 1. The SMILES string of the molecule is NC(=O)CC(N)C(=O)Nc1ccc(Cl)c([N+](=O)[O-])c1. The highest BCUT2D eigenvalue weighted by atomic mass is 35.5. The minimum atomic E-state index is -1.12. The van der Waals surface area contributed by atoms with Crippen molar-refractivity contribution in [1.29, 1.82) is 0 Å². The number of nitrogens with zero attached hydrogens (tertiary/aromatic N) is 1. The second-order valence-electron chi connectivity index (χ2n) is 3.69. The van der Waals surface area contributed by atoms with Crippen LogP contribution in [0.2, 0.25) is 5.02 Å². The fourth-order valence-electron chi connectivity index (χ4n) is 1.27. The van der Waals surface area contributed by atoms with Crippen molar-refractivity contribution in [2.24, 2.45) is 11.5 Å². The third-order valence-electron chi connectivity index (χ3n) is 2.17. The highest BCUT2D eigenvalue weighted by Gasteiger charge is 2.18. The number of hydrogen-bond acceptors (Lipinski definition) is 5. The first kappa shape index (κ1) is 14.9. The maximum atomic E-state index is 11.6. The van der Waals surface area contributed by atoms with Gasteiger partial charge in [0.25, 0.3) is 5.69 Å². The zero-order valence-electron chi connectivity index (χ0n) is 9.63. The third-order valence-corrected chi connectivity index (χ3v) is 2.49. The predicted molar refractivity (Wildman–Crippen MR) is 68.5 cm³/mol. The van der Waals surface area contributed by atoms with Crippen molar-refractivity contribution >= 4 is 34.8 Å². The molecule has 9 heteroatoms. The lowest BCUT2D eigenvalue weighted by atomic mass is 10.2. The molecule has 19 heavy (non-hydrogen) atoms. The number of primary amides is 1. The fourth-order valence-corrected chi connectivity index (χ4v) is 1.46. The summed E-state index contributed by atoms with van der Waals surface area (Å²) in [6.07, 6.45) is -0.318. The molecule has 0 radical (unpaired) electrons. The van der Waals surface area contributed by atoms with Gasteiger partial charge in [-0.2, -0.15) is 0 Å². The summed E-state index contributed by atoms with van der Waals surface area (Å²) in [7, 11) is 0. The van der Waals surface area contributed by atoms with E-state index in [1.165, 1.54) is 12.1 Å². The summed E-state index contributed by atoms with van der Waals surface area (Å²) >= 11 is 5.62. The Morgan fingerprint density at radius 1 is 1.47 bits per heavy atom. The van der Waals surface area contributed by atoms with Gasteiger partial charge in [0.15, 0.2) is 0 Å². The molecule has 0 aliphatic carbocycles. The van der Waals surface area contributed by atoms with Crippen LogP contribution < -0.4 is 16.8 Å². The van der Waals surface area contributed by atoms with E-state index in [9.17, 15) is 19.7 Å². The lowest BCUT2D eigenvalue weighted by Gasteiger charge is -2.10. The molecular formula is C10H11ClN4O4. The van der Waals surface area contributed by atoms with E-state index in [0.717, 1.165) is 6.07 Å². The third kappa shape index (κ3) is 4.19. The van der Waals surface area contributed by atoms with E-state index in [4.69, 9.17) is 23.1 Å². The van der Waals surface area contributed by atoms with E-state index in [1.807, 2.05) is 0 Å². The Labute approximate surface area is 112 Å². The number of carbonyl (C=O) groups excluding carboxylic acids is 2. The predicted octanol–water partition coefficient (Wildman–Crippen LogP) is 0.389. The van der Waals surface area contributed by atoms with Gasteiger partial charge in [0.1, 0.15) is 5.02 Å². The van der Waals surface area contributed by atoms with Crippen LogP contribution in [0.3, 0.4) is 0 Å². The number of nitro groups is 1. The lowest BCUT2D eigenvalue weighted by molar-refractivity contribution is -0.384. The van der Waals surface area contributed by atoms with Crippen molar-refractivity contribution in [2.45, 2.75) is 12.5 Å². The molecule has 1 aromatic rings. The Morgan fingerprint density at radius 3 is 2.63 bits per heavy atom. The zero-order valence-corrected chi connectivity index (χ0v) is 10.4. The average molecular weight is 287 g/mol. The summed E-state index contributed by atoms with van der Waals surface area (Å²) in [5.74, 6) is -1.39. The Kier molecular flexibility index (Phi) is 4.79. The summed E-state index contributed by atoms with van der Waals surface area (Å²) in [6, 6.07) is 2.63. The number of nitro benzene ring substituents is 1. The van der Waals surface area contributed by atoms with E-state index in [2.05, 4.69) is 5.32 Å². The van der Waals surface area contributed by atoms with Gasteiger partial charge in [0.05, 0.1) is 17.4 Å². The molecular weight excluding hydrogens is 276 g/mol. The highest BCUT2D eigenvalue weighted by Crippen LogP contribution is 2.27. The van der Waals surface area contributed by atoms with Crippen LogP contribution in [0.4, 0.5) is 11.4 Å². The normalized spacial score (nSPS) is 11.7. The number of halogens is 1. The van der Waals surface area contributed by atoms with Gasteiger partial charge in [0, 0.05) is 11.8 Å². The van der Waals surface area contributed by atoms with Gasteiger partial charge < -0.3 is 16.8 Å². The van der Waals surface area contributed by atoms with E-state index >= 15 is 0 Å². The van der Waals surface area contributed by atoms with E-state index in [1.54, 1.807) is 0 Å². The minimum Gasteiger partial charge on any atom is -0.370 e. The number of carbonyl (C=O) groups is 2. The molecule has 0 saturated heterocycles. The van der Waals surface area contributed by atoms with Crippen molar-refractivity contribution in [3.63, 3.8) is 0 Å². The molecule has 0 bridgehead atoms. The Bertz CT molecular complexity index is 534. The molecule has 102 valence electrons. The summed E-state index contributed by atoms with van der Waals surface area (Å²) in [5, 5.41) is 12.9. The van der Waals surface area contributed by atoms with Gasteiger partial charge in [-0.05, 0) is 12.1 Å². The van der Waals surface area contributed by atoms with Gasteiger partial charge in [-0.25, -0.2) is 0 Å². The molecule has 0 spiro atoms. The molecule has 0 fully saturated rings. The summed E-state index contributed by atoms with van der Waals surface area (Å²) in [4.78, 5) is 32.2. The van der Waals surface area contributed by atoms with Crippen LogP contribution in [0.25, 0.3) is 0 Å². The van der Waals surface area contributed by atoms with Crippen molar-refractivity contribution in [1.82, 2.24) is 0 Å². The molecule has 1 rings (SSSR count). The number of nitrogens with two attached hydrogens (primary N) is 2. The lowest BCUT2D eigenvalue weighted by Crippen LogP contribution is -2.38. The molecule has 8 nitrogen and oxygen atoms in total. The van der Waals surface area contributed by atoms with Crippen LogP contribution in [-0.2, 0) is 9.59 Å². The molecule has 0 aromatic heterocycles. The van der Waals surface area contributed by atoms with Crippen LogP contribution in [0.15, 0.2) is 18.2 Å². The summed E-state index contributed by atoms with van der Waals surface area (Å²) in [5.41, 5.74) is 10.1. The molecule has 0 heterocycles. The maximum Gasteiger partial charge on any atom is 0.289 e. The van der Waals surface area contributed by atoms with Gasteiger partial charge in [-0.15, -0.1) is 0 Å². The van der Waals surface area contributed by atoms with Gasteiger partial charge in [-0.3, -0.25) is 19.7 Å². The van der Waals surface area contributed by atoms with Gasteiger partial charge in [-0.1, -0.05) is 11.6 Å². The first-order chi connectivity index (χ1) is 8.81. The Hall–Kier alpha value is -2.19. The number of benzene rings is 1. The first-order valence-corrected chi connectivity index (χ1v) is 5.47. The number of amides is 2. The molecule has 0 aliphatic heterocycles. The van der Waals surface area contributed by atoms with Crippen LogP contribution in [0.1, 0.15) is 6.42 Å². The summed E-state index contributed by atoms with van der Waals surface area (Å²) in [6.45, 7) is 0. The number of nitrogens with one attached hydrogen (secondary N) is 1. The van der Waals surface area contributed by atoms with Crippen LogP contribution in [0.5, 0.6) is 0 Å². The molecule has 0 aliphatic rings. The smallest absolute Gasteiger partial charge is 0.289 e. The standard InChI is InChI=1S/C10H11ClN4O4/c11-6-2-1-5(3-8(6)15(18)19)14-10(17)7(12)4-9(13)16/h1-3,7H,4,12H2,(H2,13,16)(H,14,17). The molecule has 1 atom stereocenters. The topological polar surface area (TPSA) is 141 Å². The number of rotatable bonds is 5. The van der Waals surface area contributed by atoms with E-state index in [-0.39, 0.29) is 22.8 Å². The molecule has 1 aromatic carbocycles. The van der Waals surface area contributed by atoms with Crippen LogP contribution in [-0.4, -0.2) is 22.8 Å². The van der Waals surface area contributed by atoms with Crippen LogP contribution in [0, 0.1) is 10.1 Å². The highest BCUT2D eigenvalue weighted by molar-refractivity contribution is 6.32. The van der Waals surface area contributed by atoms with Crippen LogP contribution >= 0.6 is 11.6 Å². The molecule has 0 saturated carbocycles. The van der Waals surface area contributed by atoms with Crippen molar-refractivity contribution < 1.29 is 14.5 Å². The van der Waals surface area contributed by atoms with Crippen molar-refractivity contribution in [3.05, 3.63) is 33.3 Å². The summed E-state index contributed by atoms with van der Waals surface area (Å²) < 4.78 is 0. The average Bonchev–Trinajstić information content (AvgIpc) is 2.30. The molecule has 1 unspecified atom stereocenters. The first-order valence-electron chi connectivity index (χ1n) is 5.10. The van der Waals surface area contributed by atoms with Crippen molar-refractivity contribution in [3.8, 4) is 0 Å². The maximum absolute atomic E-state index is 11.6. The monoisotopic (exact) mass is 286 g/mol. The zero-order chi connectivity index (χ0) is 14.6. The Balaban J connectivity index is 2.83. The van der Waals surface area contributed by atoms with E-state index < -0.39 is 22.8 Å². The largest absolute Gasteiger partial charge is 0.370 e. The second kappa shape index (κ2) is 6.12. The second-order valence-corrected chi connectivity index (χ2v) is 4.10. The Morgan fingerprint density at radius 2 is 2.11 bits per heavy atom. The molecule has 5 N–H and O–H groups in total. The van der Waals surface area contributed by atoms with E-state index in [0.29, 0.717) is 0 Å². The fraction of sp³-hybridized carbons (Fsp3) is 0.200. The molecule has 2 amide bonds. The van der Waals surface area contributed by atoms with Crippen molar-refractivity contribution in [2.75, 3.05) is 5.32 Å². The van der Waals surface area contributed by atoms with Gasteiger partial charge >= 0.3 is 0 Å². The quantitative estimate of drug-likeness (QED) is 0.530. The minimum absolute atomic E-state index is 0.0515.